The predicted octanol–water partition coefficient (Wildman–Crippen LogP) is 3.84. The van der Waals surface area contributed by atoms with Crippen LogP contribution in [0.25, 0.3) is 0 Å². The van der Waals surface area contributed by atoms with Crippen LogP contribution in [-0.2, 0) is 10.0 Å². The van der Waals surface area contributed by atoms with Gasteiger partial charge in [0.1, 0.15) is 4.21 Å². The lowest BCUT2D eigenvalue weighted by molar-refractivity contribution is 0.0954. The Hall–Kier alpha value is -2.19. The molecule has 1 unspecified atom stereocenters. The maximum atomic E-state index is 12.2. The van der Waals surface area contributed by atoms with Crippen LogP contribution in [0.2, 0.25) is 0 Å². The molecule has 1 aromatic heterocycles. The SMILES string of the molecule is CC1CCCC(=NNC(=O)c2ccc(NS(=O)(=O)c3cccs3)cc2)C1. The summed E-state index contributed by atoms with van der Waals surface area (Å²) in [4.78, 5) is 12.2. The van der Waals surface area contributed by atoms with Crippen LogP contribution in [0.1, 0.15) is 43.0 Å². The Morgan fingerprint density at radius 3 is 2.65 bits per heavy atom. The second-order valence-electron chi connectivity index (χ2n) is 6.44. The van der Waals surface area contributed by atoms with E-state index in [2.05, 4.69) is 22.2 Å². The third kappa shape index (κ3) is 4.70. The van der Waals surface area contributed by atoms with Crippen LogP contribution in [0.15, 0.2) is 51.1 Å². The molecule has 3 rings (SSSR count). The van der Waals surface area contributed by atoms with E-state index < -0.39 is 10.0 Å². The first-order valence-electron chi connectivity index (χ1n) is 8.46. The van der Waals surface area contributed by atoms with Crippen molar-refractivity contribution in [3.05, 3.63) is 47.3 Å². The van der Waals surface area contributed by atoms with Crippen LogP contribution in [0, 0.1) is 5.92 Å². The number of hydrogen-bond acceptors (Lipinski definition) is 5. The molecule has 0 saturated heterocycles. The minimum Gasteiger partial charge on any atom is -0.279 e. The molecule has 1 aromatic carbocycles. The van der Waals surface area contributed by atoms with Gasteiger partial charge in [-0.1, -0.05) is 13.0 Å². The molecule has 2 N–H and O–H groups in total. The lowest BCUT2D eigenvalue weighted by Crippen LogP contribution is -2.22. The lowest BCUT2D eigenvalue weighted by atomic mass is 9.89. The number of anilines is 1. The van der Waals surface area contributed by atoms with Gasteiger partial charge >= 0.3 is 0 Å². The molecule has 2 aromatic rings. The number of carbonyl (C=O) groups excluding carboxylic acids is 1. The maximum Gasteiger partial charge on any atom is 0.271 e. The summed E-state index contributed by atoms with van der Waals surface area (Å²) in [6.45, 7) is 2.19. The van der Waals surface area contributed by atoms with Crippen LogP contribution in [0.4, 0.5) is 5.69 Å². The van der Waals surface area contributed by atoms with Gasteiger partial charge in [-0.05, 0) is 67.3 Å². The summed E-state index contributed by atoms with van der Waals surface area (Å²) in [6.07, 6.45) is 4.16. The fraction of sp³-hybridized carbons (Fsp3) is 0.333. The molecule has 138 valence electrons. The first kappa shape index (κ1) is 18.6. The van der Waals surface area contributed by atoms with E-state index in [0.29, 0.717) is 17.2 Å². The van der Waals surface area contributed by atoms with Gasteiger partial charge in [-0.15, -0.1) is 11.3 Å². The lowest BCUT2D eigenvalue weighted by Gasteiger charge is -2.18. The van der Waals surface area contributed by atoms with Gasteiger partial charge in [0.2, 0.25) is 0 Å². The van der Waals surface area contributed by atoms with E-state index in [1.807, 2.05) is 0 Å². The van der Waals surface area contributed by atoms with Gasteiger partial charge in [0.15, 0.2) is 0 Å². The first-order valence-corrected chi connectivity index (χ1v) is 10.8. The van der Waals surface area contributed by atoms with Crippen LogP contribution in [0.5, 0.6) is 0 Å². The van der Waals surface area contributed by atoms with Gasteiger partial charge in [0.05, 0.1) is 0 Å². The van der Waals surface area contributed by atoms with E-state index in [1.165, 1.54) is 6.42 Å². The number of thiophene rings is 1. The standard InChI is InChI=1S/C18H21N3O3S2/c1-13-4-2-5-16(12-13)19-20-18(22)14-7-9-15(10-8-14)21-26(23,24)17-6-3-11-25-17/h3,6-11,13,21H,2,4-5,12H2,1H3,(H,20,22). The first-order chi connectivity index (χ1) is 12.4. The highest BCUT2D eigenvalue weighted by atomic mass is 32.2. The summed E-state index contributed by atoms with van der Waals surface area (Å²) in [5, 5.41) is 5.94. The molecule has 1 fully saturated rings. The average molecular weight is 392 g/mol. The van der Waals surface area contributed by atoms with Gasteiger partial charge in [-0.3, -0.25) is 9.52 Å². The topological polar surface area (TPSA) is 87.6 Å². The van der Waals surface area contributed by atoms with E-state index in [9.17, 15) is 13.2 Å². The summed E-state index contributed by atoms with van der Waals surface area (Å²) in [6, 6.07) is 9.50. The normalized spacial score (nSPS) is 19.3. The Kier molecular flexibility index (Phi) is 5.73. The summed E-state index contributed by atoms with van der Waals surface area (Å²) in [7, 11) is -3.59. The quantitative estimate of drug-likeness (QED) is 0.759. The zero-order valence-corrected chi connectivity index (χ0v) is 16.1. The number of hydrazone groups is 1. The molecule has 1 heterocycles. The maximum absolute atomic E-state index is 12.2. The van der Waals surface area contributed by atoms with Crippen molar-refractivity contribution in [1.29, 1.82) is 0 Å². The highest BCUT2D eigenvalue weighted by molar-refractivity contribution is 7.94. The molecule has 1 amide bonds. The Labute approximate surface area is 157 Å². The second-order valence-corrected chi connectivity index (χ2v) is 9.29. The van der Waals surface area contributed by atoms with Crippen molar-refractivity contribution in [2.45, 2.75) is 36.8 Å². The molecule has 0 aliphatic heterocycles. The van der Waals surface area contributed by atoms with Gasteiger partial charge in [0.25, 0.3) is 15.9 Å². The van der Waals surface area contributed by atoms with Crippen molar-refractivity contribution in [3.8, 4) is 0 Å². The Morgan fingerprint density at radius 1 is 1.23 bits per heavy atom. The largest absolute Gasteiger partial charge is 0.279 e. The van der Waals surface area contributed by atoms with Crippen molar-refractivity contribution in [2.75, 3.05) is 4.72 Å². The second kappa shape index (κ2) is 8.01. The molecule has 0 radical (unpaired) electrons. The van der Waals surface area contributed by atoms with Gasteiger partial charge in [-0.2, -0.15) is 5.10 Å². The smallest absolute Gasteiger partial charge is 0.271 e. The number of sulfonamides is 1. The number of amides is 1. The molecular weight excluding hydrogens is 370 g/mol. The van der Waals surface area contributed by atoms with E-state index in [-0.39, 0.29) is 10.1 Å². The van der Waals surface area contributed by atoms with E-state index in [0.717, 1.165) is 36.3 Å². The molecule has 1 aliphatic rings. The molecular formula is C18H21N3O3S2. The van der Waals surface area contributed by atoms with Gasteiger partial charge in [-0.25, -0.2) is 13.8 Å². The number of rotatable bonds is 5. The summed E-state index contributed by atoms with van der Waals surface area (Å²) < 4.78 is 27.1. The summed E-state index contributed by atoms with van der Waals surface area (Å²) in [5.74, 6) is 0.304. The molecule has 6 nitrogen and oxygen atoms in total. The van der Waals surface area contributed by atoms with Gasteiger partial charge in [0, 0.05) is 17.0 Å². The monoisotopic (exact) mass is 391 g/mol. The zero-order chi connectivity index (χ0) is 18.6. The van der Waals surface area contributed by atoms with E-state index >= 15 is 0 Å². The summed E-state index contributed by atoms with van der Waals surface area (Å²) in [5.41, 5.74) is 4.45. The average Bonchev–Trinajstić information content (AvgIpc) is 3.16. The number of nitrogens with zero attached hydrogens (tertiary/aromatic N) is 1. The van der Waals surface area contributed by atoms with Crippen LogP contribution in [0.3, 0.4) is 0 Å². The van der Waals surface area contributed by atoms with Gasteiger partial charge < -0.3 is 0 Å². The Balaban J connectivity index is 1.62. The Bertz CT molecular complexity index is 888. The van der Waals surface area contributed by atoms with Crippen LogP contribution in [-0.4, -0.2) is 20.0 Å². The van der Waals surface area contributed by atoms with Crippen LogP contribution < -0.4 is 10.1 Å². The molecule has 26 heavy (non-hydrogen) atoms. The zero-order valence-electron chi connectivity index (χ0n) is 14.4. The third-order valence-electron chi connectivity index (χ3n) is 4.22. The molecule has 1 aliphatic carbocycles. The molecule has 1 saturated carbocycles. The number of carbonyl (C=O) groups is 1. The van der Waals surface area contributed by atoms with Crippen molar-refractivity contribution in [1.82, 2.24) is 5.43 Å². The minimum atomic E-state index is -3.59. The van der Waals surface area contributed by atoms with Crippen molar-refractivity contribution in [3.63, 3.8) is 0 Å². The van der Waals surface area contributed by atoms with Crippen molar-refractivity contribution < 1.29 is 13.2 Å². The van der Waals surface area contributed by atoms with Crippen LogP contribution >= 0.6 is 11.3 Å². The Morgan fingerprint density at radius 2 is 2.00 bits per heavy atom. The highest BCUT2D eigenvalue weighted by Crippen LogP contribution is 2.22. The highest BCUT2D eigenvalue weighted by Gasteiger charge is 2.16. The van der Waals surface area contributed by atoms with Crippen molar-refractivity contribution >= 4 is 38.7 Å². The molecule has 0 spiro atoms. The third-order valence-corrected chi connectivity index (χ3v) is 7.00. The predicted molar refractivity (Wildman–Crippen MR) is 104 cm³/mol. The van der Waals surface area contributed by atoms with E-state index in [4.69, 9.17) is 0 Å². The molecule has 8 heteroatoms. The molecule has 1 atom stereocenters. The van der Waals surface area contributed by atoms with Crippen molar-refractivity contribution in [2.24, 2.45) is 11.0 Å². The minimum absolute atomic E-state index is 0.247. The summed E-state index contributed by atoms with van der Waals surface area (Å²) >= 11 is 1.15. The number of hydrogen-bond donors (Lipinski definition) is 2. The number of nitrogens with one attached hydrogen (secondary N) is 2. The fourth-order valence-electron chi connectivity index (χ4n) is 2.87. The fourth-order valence-corrected chi connectivity index (χ4v) is 4.92. The van der Waals surface area contributed by atoms with E-state index in [1.54, 1.807) is 41.8 Å². The molecule has 0 bridgehead atoms. The number of benzene rings is 1.